The lowest BCUT2D eigenvalue weighted by Crippen LogP contribution is -2.40. The van der Waals surface area contributed by atoms with Gasteiger partial charge >= 0.3 is 0 Å². The highest BCUT2D eigenvalue weighted by atomic mass is 16.5. The average molecular weight is 399 g/mol. The average Bonchev–Trinajstić information content (AvgIpc) is 3.18. The number of ether oxygens (including phenoxy) is 1. The summed E-state index contributed by atoms with van der Waals surface area (Å²) in [5.41, 5.74) is 4.06. The van der Waals surface area contributed by atoms with Gasteiger partial charge in [-0.05, 0) is 18.2 Å². The van der Waals surface area contributed by atoms with Gasteiger partial charge in [-0.1, -0.05) is 36.4 Å². The van der Waals surface area contributed by atoms with Crippen LogP contribution in [0.2, 0.25) is 0 Å². The van der Waals surface area contributed by atoms with Gasteiger partial charge in [0.25, 0.3) is 5.91 Å². The Labute approximate surface area is 174 Å². The summed E-state index contributed by atoms with van der Waals surface area (Å²) in [5, 5.41) is 3.47. The van der Waals surface area contributed by atoms with E-state index in [9.17, 15) is 4.79 Å². The third-order valence-corrected chi connectivity index (χ3v) is 5.15. The van der Waals surface area contributed by atoms with E-state index in [-0.39, 0.29) is 5.91 Å². The molecule has 0 aliphatic carbocycles. The maximum Gasteiger partial charge on any atom is 0.254 e. The van der Waals surface area contributed by atoms with Crippen molar-refractivity contribution >= 4 is 23.1 Å². The van der Waals surface area contributed by atoms with E-state index in [1.807, 2.05) is 70.1 Å². The number of aromatic nitrogens is 3. The van der Waals surface area contributed by atoms with Gasteiger partial charge in [0, 0.05) is 42.3 Å². The monoisotopic (exact) mass is 399 g/mol. The van der Waals surface area contributed by atoms with E-state index >= 15 is 0 Å². The fraction of sp³-hybridized carbons (Fsp3) is 0.174. The number of hydrogen-bond acceptors (Lipinski definition) is 5. The lowest BCUT2D eigenvalue weighted by molar-refractivity contribution is 0.0303. The number of benzene rings is 2. The number of amides is 1. The molecule has 1 amide bonds. The standard InChI is InChI=1S/C23H21N5O2/c29-23(27-11-13-30-14-12-27)18-7-4-8-19(15-18)25-22-21(17-5-2-1-3-6-17)26-20-16-24-9-10-28(20)22/h1-10,15-16,25H,11-14H2. The molecule has 150 valence electrons. The largest absolute Gasteiger partial charge is 0.378 e. The highest BCUT2D eigenvalue weighted by Crippen LogP contribution is 2.31. The van der Waals surface area contributed by atoms with Gasteiger partial charge in [-0.2, -0.15) is 0 Å². The van der Waals surface area contributed by atoms with Crippen LogP contribution in [0.15, 0.2) is 73.2 Å². The van der Waals surface area contributed by atoms with Crippen molar-refractivity contribution in [3.63, 3.8) is 0 Å². The molecule has 5 rings (SSSR count). The number of hydrogen-bond donors (Lipinski definition) is 1. The van der Waals surface area contributed by atoms with Crippen LogP contribution in [0, 0.1) is 0 Å². The minimum atomic E-state index is 0.0209. The molecule has 2 aromatic carbocycles. The van der Waals surface area contributed by atoms with E-state index in [4.69, 9.17) is 9.72 Å². The van der Waals surface area contributed by atoms with Crippen molar-refractivity contribution in [3.05, 3.63) is 78.8 Å². The molecule has 7 nitrogen and oxygen atoms in total. The fourth-order valence-corrected chi connectivity index (χ4v) is 3.64. The van der Waals surface area contributed by atoms with Crippen molar-refractivity contribution in [2.45, 2.75) is 0 Å². The number of rotatable bonds is 4. The first-order chi connectivity index (χ1) is 14.8. The zero-order valence-electron chi connectivity index (χ0n) is 16.4. The van der Waals surface area contributed by atoms with E-state index in [0.29, 0.717) is 31.9 Å². The number of morpholine rings is 1. The number of anilines is 2. The zero-order valence-corrected chi connectivity index (χ0v) is 16.4. The Hall–Kier alpha value is -3.71. The number of imidazole rings is 1. The van der Waals surface area contributed by atoms with E-state index < -0.39 is 0 Å². The van der Waals surface area contributed by atoms with Gasteiger partial charge in [0.1, 0.15) is 11.5 Å². The molecule has 0 spiro atoms. The van der Waals surface area contributed by atoms with Crippen LogP contribution in [0.25, 0.3) is 16.9 Å². The lowest BCUT2D eigenvalue weighted by Gasteiger charge is -2.27. The Kier molecular flexibility index (Phi) is 4.86. The van der Waals surface area contributed by atoms with Crippen molar-refractivity contribution in [3.8, 4) is 11.3 Å². The number of nitrogens with one attached hydrogen (secondary N) is 1. The molecule has 0 radical (unpaired) electrons. The summed E-state index contributed by atoms with van der Waals surface area (Å²) in [5.74, 6) is 0.849. The number of carbonyl (C=O) groups is 1. The van der Waals surface area contributed by atoms with Crippen LogP contribution in [0.5, 0.6) is 0 Å². The van der Waals surface area contributed by atoms with Gasteiger partial charge < -0.3 is 15.0 Å². The van der Waals surface area contributed by atoms with E-state index in [1.165, 1.54) is 0 Å². The van der Waals surface area contributed by atoms with Crippen LogP contribution in [0.4, 0.5) is 11.5 Å². The number of carbonyl (C=O) groups excluding carboxylic acids is 1. The van der Waals surface area contributed by atoms with Crippen molar-refractivity contribution in [1.29, 1.82) is 0 Å². The second-order valence-electron chi connectivity index (χ2n) is 7.09. The van der Waals surface area contributed by atoms with Crippen molar-refractivity contribution < 1.29 is 9.53 Å². The minimum Gasteiger partial charge on any atom is -0.378 e. The predicted molar refractivity (Wildman–Crippen MR) is 115 cm³/mol. The van der Waals surface area contributed by atoms with Gasteiger partial charge in [-0.15, -0.1) is 0 Å². The molecule has 0 bridgehead atoms. The summed E-state index contributed by atoms with van der Waals surface area (Å²) >= 11 is 0. The third-order valence-electron chi connectivity index (χ3n) is 5.15. The first-order valence-corrected chi connectivity index (χ1v) is 9.91. The van der Waals surface area contributed by atoms with Crippen molar-refractivity contribution in [1.82, 2.24) is 19.3 Å². The topological polar surface area (TPSA) is 71.8 Å². The van der Waals surface area contributed by atoms with Gasteiger partial charge in [0.2, 0.25) is 0 Å². The first-order valence-electron chi connectivity index (χ1n) is 9.91. The van der Waals surface area contributed by atoms with Crippen LogP contribution in [-0.2, 0) is 4.74 Å². The van der Waals surface area contributed by atoms with Crippen molar-refractivity contribution in [2.24, 2.45) is 0 Å². The van der Waals surface area contributed by atoms with Crippen LogP contribution >= 0.6 is 0 Å². The molecular formula is C23H21N5O2. The Bertz CT molecular complexity index is 1180. The summed E-state index contributed by atoms with van der Waals surface area (Å²) in [6, 6.07) is 17.6. The molecule has 1 aliphatic rings. The van der Waals surface area contributed by atoms with Gasteiger partial charge in [0.05, 0.1) is 19.4 Å². The first kappa shape index (κ1) is 18.3. The zero-order chi connectivity index (χ0) is 20.3. The maximum atomic E-state index is 12.9. The van der Waals surface area contributed by atoms with E-state index in [1.54, 1.807) is 12.4 Å². The molecule has 4 aromatic rings. The summed E-state index contributed by atoms with van der Waals surface area (Å²) in [6.45, 7) is 2.41. The molecule has 2 aromatic heterocycles. The molecule has 0 unspecified atom stereocenters. The molecule has 1 aliphatic heterocycles. The minimum absolute atomic E-state index is 0.0209. The number of nitrogens with zero attached hydrogens (tertiary/aromatic N) is 4. The molecular weight excluding hydrogens is 378 g/mol. The second-order valence-corrected chi connectivity index (χ2v) is 7.09. The Morgan fingerprint density at radius 3 is 2.70 bits per heavy atom. The normalized spacial score (nSPS) is 14.1. The van der Waals surface area contributed by atoms with E-state index in [0.717, 1.165) is 28.4 Å². The lowest BCUT2D eigenvalue weighted by atomic mass is 10.1. The molecule has 30 heavy (non-hydrogen) atoms. The molecule has 0 saturated carbocycles. The molecule has 1 N–H and O–H groups in total. The second kappa shape index (κ2) is 7.96. The quantitative estimate of drug-likeness (QED) is 0.568. The van der Waals surface area contributed by atoms with Gasteiger partial charge in [-0.25, -0.2) is 4.98 Å². The van der Waals surface area contributed by atoms with E-state index in [2.05, 4.69) is 10.3 Å². The van der Waals surface area contributed by atoms with Gasteiger partial charge in [-0.3, -0.25) is 14.2 Å². The Morgan fingerprint density at radius 2 is 1.87 bits per heavy atom. The highest BCUT2D eigenvalue weighted by molar-refractivity contribution is 5.95. The Balaban J connectivity index is 1.51. The molecule has 1 saturated heterocycles. The highest BCUT2D eigenvalue weighted by Gasteiger charge is 2.19. The smallest absolute Gasteiger partial charge is 0.254 e. The summed E-state index contributed by atoms with van der Waals surface area (Å²) in [7, 11) is 0. The fourth-order valence-electron chi connectivity index (χ4n) is 3.64. The van der Waals surface area contributed by atoms with Crippen molar-refractivity contribution in [2.75, 3.05) is 31.6 Å². The molecule has 7 heteroatoms. The maximum absolute atomic E-state index is 12.9. The van der Waals surface area contributed by atoms with Crippen LogP contribution in [-0.4, -0.2) is 51.5 Å². The number of fused-ring (bicyclic) bond motifs is 1. The molecule has 0 atom stereocenters. The van der Waals surface area contributed by atoms with Gasteiger partial charge in [0.15, 0.2) is 5.65 Å². The van der Waals surface area contributed by atoms with Crippen LogP contribution in [0.3, 0.4) is 0 Å². The Morgan fingerprint density at radius 1 is 1.03 bits per heavy atom. The summed E-state index contributed by atoms with van der Waals surface area (Å²) in [4.78, 5) is 23.6. The van der Waals surface area contributed by atoms with Crippen LogP contribution < -0.4 is 5.32 Å². The molecule has 1 fully saturated rings. The third kappa shape index (κ3) is 3.51. The van der Waals surface area contributed by atoms with Crippen LogP contribution in [0.1, 0.15) is 10.4 Å². The predicted octanol–water partition coefficient (Wildman–Crippen LogP) is 3.61. The molecule has 3 heterocycles. The summed E-state index contributed by atoms with van der Waals surface area (Å²) in [6.07, 6.45) is 5.34. The SMILES string of the molecule is O=C(c1cccc(Nc2c(-c3ccccc3)nc3cnccn23)c1)N1CCOCC1. The summed E-state index contributed by atoms with van der Waals surface area (Å²) < 4.78 is 7.32.